The van der Waals surface area contributed by atoms with Gasteiger partial charge in [-0.15, -0.1) is 0 Å². The molecule has 3 nitrogen and oxygen atoms in total. The second kappa shape index (κ2) is 3.94. The summed E-state index contributed by atoms with van der Waals surface area (Å²) in [6.45, 7) is 1.96. The normalized spacial score (nSPS) is 29.7. The molecule has 1 aliphatic rings. The quantitative estimate of drug-likeness (QED) is 0.789. The Morgan fingerprint density at radius 2 is 2.27 bits per heavy atom. The first-order chi connectivity index (χ1) is 7.15. The summed E-state index contributed by atoms with van der Waals surface area (Å²) in [5.41, 5.74) is 7.00. The van der Waals surface area contributed by atoms with E-state index in [2.05, 4.69) is 0 Å². The molecule has 0 radical (unpaired) electrons. The van der Waals surface area contributed by atoms with Crippen molar-refractivity contribution in [2.75, 3.05) is 7.11 Å². The van der Waals surface area contributed by atoms with Gasteiger partial charge in [-0.2, -0.15) is 0 Å². The second-order valence-electron chi connectivity index (χ2n) is 3.83. The topological polar surface area (TPSA) is 52.3 Å². The molecule has 0 aliphatic carbocycles. The van der Waals surface area contributed by atoms with Crippen molar-refractivity contribution in [3.63, 3.8) is 0 Å². The average molecular weight is 225 g/mol. The molecular weight excluding hydrogens is 210 g/mol. The van der Waals surface area contributed by atoms with Gasteiger partial charge in [0.05, 0.1) is 22.8 Å². The zero-order chi connectivity index (χ0) is 11.0. The van der Waals surface area contributed by atoms with Crippen LogP contribution in [0.1, 0.15) is 24.9 Å². The van der Waals surface area contributed by atoms with Crippen molar-refractivity contribution in [3.05, 3.63) is 23.8 Å². The summed E-state index contributed by atoms with van der Waals surface area (Å²) in [5, 5.41) is 0.101. The molecular formula is C11H15NO2S. The number of ether oxygens (including phenoxy) is 1. The highest BCUT2D eigenvalue weighted by Gasteiger charge is 2.30. The summed E-state index contributed by atoms with van der Waals surface area (Å²) in [4.78, 5) is 0.784. The van der Waals surface area contributed by atoms with E-state index < -0.39 is 10.8 Å². The van der Waals surface area contributed by atoms with E-state index in [-0.39, 0.29) is 11.3 Å². The van der Waals surface area contributed by atoms with Gasteiger partial charge in [0.1, 0.15) is 5.75 Å². The Balaban J connectivity index is 2.60. The predicted molar refractivity (Wildman–Crippen MR) is 60.4 cm³/mol. The van der Waals surface area contributed by atoms with Crippen molar-refractivity contribution in [1.29, 1.82) is 0 Å². The largest absolute Gasteiger partial charge is 0.495 e. The number of hydrogen-bond acceptors (Lipinski definition) is 3. The minimum absolute atomic E-state index is 0.0252. The fraction of sp³-hybridized carbons (Fsp3) is 0.455. The van der Waals surface area contributed by atoms with E-state index >= 15 is 0 Å². The van der Waals surface area contributed by atoms with Gasteiger partial charge in [0.2, 0.25) is 0 Å². The molecule has 0 fully saturated rings. The van der Waals surface area contributed by atoms with Crippen LogP contribution in [-0.4, -0.2) is 16.6 Å². The Morgan fingerprint density at radius 1 is 1.53 bits per heavy atom. The van der Waals surface area contributed by atoms with Gasteiger partial charge in [-0.25, -0.2) is 0 Å². The first-order valence-corrected chi connectivity index (χ1v) is 6.19. The second-order valence-corrected chi connectivity index (χ2v) is 5.64. The number of nitrogens with two attached hydrogens (primary N) is 1. The molecule has 0 aromatic heterocycles. The van der Waals surface area contributed by atoms with Crippen molar-refractivity contribution in [2.24, 2.45) is 5.73 Å². The Morgan fingerprint density at radius 3 is 2.93 bits per heavy atom. The minimum atomic E-state index is -0.997. The Bertz CT molecular complexity index is 406. The number of methoxy groups -OCH3 is 1. The van der Waals surface area contributed by atoms with Crippen LogP contribution in [0, 0.1) is 0 Å². The first-order valence-electron chi connectivity index (χ1n) is 4.98. The summed E-state index contributed by atoms with van der Waals surface area (Å²) in [7, 11) is 0.598. The monoisotopic (exact) mass is 225 g/mol. The number of hydrogen-bond donors (Lipinski definition) is 1. The highest BCUT2D eigenvalue weighted by atomic mass is 32.2. The molecule has 0 spiro atoms. The molecule has 4 heteroatoms. The van der Waals surface area contributed by atoms with Crippen LogP contribution >= 0.6 is 0 Å². The van der Waals surface area contributed by atoms with Gasteiger partial charge in [-0.05, 0) is 18.1 Å². The lowest BCUT2D eigenvalue weighted by molar-refractivity contribution is 0.399. The molecule has 1 aliphatic heterocycles. The third-order valence-electron chi connectivity index (χ3n) is 2.78. The maximum absolute atomic E-state index is 12.1. The smallest absolute Gasteiger partial charge is 0.135 e. The van der Waals surface area contributed by atoms with E-state index in [1.807, 2.05) is 25.1 Å². The Kier molecular flexibility index (Phi) is 2.80. The summed E-state index contributed by atoms with van der Waals surface area (Å²) in [5.74, 6) is 0.688. The highest BCUT2D eigenvalue weighted by Crippen LogP contribution is 2.37. The van der Waals surface area contributed by atoms with Crippen LogP contribution in [0.2, 0.25) is 0 Å². The first kappa shape index (κ1) is 10.6. The van der Waals surface area contributed by atoms with Crippen LogP contribution in [0.3, 0.4) is 0 Å². The van der Waals surface area contributed by atoms with Gasteiger partial charge < -0.3 is 10.5 Å². The number of rotatable bonds is 1. The zero-order valence-electron chi connectivity index (χ0n) is 8.90. The van der Waals surface area contributed by atoms with E-state index in [4.69, 9.17) is 10.5 Å². The third kappa shape index (κ3) is 1.68. The number of fused-ring (bicyclic) bond motifs is 1. The van der Waals surface area contributed by atoms with Gasteiger partial charge >= 0.3 is 0 Å². The van der Waals surface area contributed by atoms with Crippen LogP contribution in [0.15, 0.2) is 23.1 Å². The molecule has 15 heavy (non-hydrogen) atoms. The lowest BCUT2D eigenvalue weighted by Crippen LogP contribution is -2.27. The lowest BCUT2D eigenvalue weighted by Gasteiger charge is -2.27. The van der Waals surface area contributed by atoms with Crippen LogP contribution in [-0.2, 0) is 10.8 Å². The van der Waals surface area contributed by atoms with Crippen LogP contribution < -0.4 is 10.5 Å². The van der Waals surface area contributed by atoms with Crippen molar-refractivity contribution in [2.45, 2.75) is 29.5 Å². The summed E-state index contributed by atoms with van der Waals surface area (Å²) in [6, 6.07) is 5.64. The third-order valence-corrected chi connectivity index (χ3v) is 4.54. The Labute approximate surface area is 92.1 Å². The van der Waals surface area contributed by atoms with E-state index in [1.54, 1.807) is 7.11 Å². The van der Waals surface area contributed by atoms with Crippen molar-refractivity contribution < 1.29 is 8.95 Å². The average Bonchev–Trinajstić information content (AvgIpc) is 2.25. The zero-order valence-corrected chi connectivity index (χ0v) is 9.71. The van der Waals surface area contributed by atoms with E-state index in [0.29, 0.717) is 5.75 Å². The highest BCUT2D eigenvalue weighted by molar-refractivity contribution is 7.85. The molecule has 2 rings (SSSR count). The van der Waals surface area contributed by atoms with Gasteiger partial charge in [0.25, 0.3) is 0 Å². The molecule has 82 valence electrons. The van der Waals surface area contributed by atoms with Crippen molar-refractivity contribution >= 4 is 10.8 Å². The van der Waals surface area contributed by atoms with E-state index in [1.165, 1.54) is 0 Å². The van der Waals surface area contributed by atoms with Crippen LogP contribution in [0.4, 0.5) is 0 Å². The maximum Gasteiger partial charge on any atom is 0.135 e. The molecule has 3 unspecified atom stereocenters. The molecule has 0 saturated heterocycles. The molecule has 0 bridgehead atoms. The van der Waals surface area contributed by atoms with Gasteiger partial charge in [-0.1, -0.05) is 19.1 Å². The molecule has 1 aromatic rings. The molecule has 2 N–H and O–H groups in total. The van der Waals surface area contributed by atoms with Crippen molar-refractivity contribution in [1.82, 2.24) is 0 Å². The number of benzene rings is 1. The summed E-state index contributed by atoms with van der Waals surface area (Å²) >= 11 is 0. The summed E-state index contributed by atoms with van der Waals surface area (Å²) in [6.07, 6.45) is 0.771. The fourth-order valence-electron chi connectivity index (χ4n) is 1.97. The molecule has 0 saturated carbocycles. The van der Waals surface area contributed by atoms with Gasteiger partial charge in [0.15, 0.2) is 0 Å². The fourth-order valence-corrected chi connectivity index (χ4v) is 3.56. The van der Waals surface area contributed by atoms with Gasteiger partial charge in [-0.3, -0.25) is 4.21 Å². The van der Waals surface area contributed by atoms with E-state index in [0.717, 1.165) is 16.9 Å². The molecule has 1 aromatic carbocycles. The maximum atomic E-state index is 12.1. The molecule has 1 heterocycles. The van der Waals surface area contributed by atoms with Crippen molar-refractivity contribution in [3.8, 4) is 5.75 Å². The minimum Gasteiger partial charge on any atom is -0.495 e. The van der Waals surface area contributed by atoms with E-state index in [9.17, 15) is 4.21 Å². The summed E-state index contributed by atoms with van der Waals surface area (Å²) < 4.78 is 17.3. The molecule has 3 atom stereocenters. The lowest BCUT2D eigenvalue weighted by atomic mass is 10.0. The standard InChI is InChI=1S/C11H15NO2S/c1-7-6-9(12)8-4-3-5-10(14-2)11(8)15(7)13/h3-5,7,9H,6,12H2,1-2H3. The van der Waals surface area contributed by atoms with Crippen LogP contribution in [0.5, 0.6) is 5.75 Å². The SMILES string of the molecule is COc1cccc2c1S(=O)C(C)CC2N. The predicted octanol–water partition coefficient (Wildman–Crippen LogP) is 1.59. The van der Waals surface area contributed by atoms with Gasteiger partial charge in [0, 0.05) is 11.3 Å². The molecule has 0 amide bonds. The Hall–Kier alpha value is -0.870. The van der Waals surface area contributed by atoms with Crippen LogP contribution in [0.25, 0.3) is 0 Å².